The van der Waals surface area contributed by atoms with E-state index in [4.69, 9.17) is 23.2 Å². The van der Waals surface area contributed by atoms with Gasteiger partial charge in [0.05, 0.1) is 20.6 Å². The summed E-state index contributed by atoms with van der Waals surface area (Å²) in [5.41, 5.74) is -0.657. The number of nitrogens with one attached hydrogen (secondary N) is 1. The smallest absolute Gasteiger partial charge is 0.293 e. The van der Waals surface area contributed by atoms with Gasteiger partial charge >= 0.3 is 0 Å². The van der Waals surface area contributed by atoms with Crippen LogP contribution in [0.3, 0.4) is 0 Å². The van der Waals surface area contributed by atoms with Crippen LogP contribution < -0.4 is 5.32 Å². The van der Waals surface area contributed by atoms with Gasteiger partial charge in [-0.05, 0) is 18.9 Å². The Morgan fingerprint density at radius 1 is 1.32 bits per heavy atom. The van der Waals surface area contributed by atoms with Crippen molar-refractivity contribution in [3.05, 3.63) is 32.3 Å². The summed E-state index contributed by atoms with van der Waals surface area (Å²) in [6.45, 7) is 0.270. The standard InChI is InChI=1S/C12H14Cl2N2O3/c13-8-5-10(11(16(18)19)6-9(8)14)15-7-12(17)3-1-2-4-12/h5-6,15,17H,1-4,7H2. The molecule has 0 aromatic heterocycles. The summed E-state index contributed by atoms with van der Waals surface area (Å²) in [5, 5.41) is 24.5. The number of nitro benzene ring substituents is 1. The SMILES string of the molecule is O=[N+]([O-])c1cc(Cl)c(Cl)cc1NCC1(O)CCCC1. The fourth-order valence-electron chi connectivity index (χ4n) is 2.30. The first-order chi connectivity index (χ1) is 8.91. The molecule has 0 spiro atoms. The summed E-state index contributed by atoms with van der Waals surface area (Å²) in [5.74, 6) is 0. The van der Waals surface area contributed by atoms with Crippen molar-refractivity contribution < 1.29 is 10.0 Å². The first kappa shape index (κ1) is 14.4. The molecule has 0 aliphatic heterocycles. The summed E-state index contributed by atoms with van der Waals surface area (Å²) in [6.07, 6.45) is 3.35. The number of nitrogens with zero attached hydrogens (tertiary/aromatic N) is 1. The van der Waals surface area contributed by atoms with Crippen LogP contribution in [-0.2, 0) is 0 Å². The van der Waals surface area contributed by atoms with Gasteiger partial charge in [0.2, 0.25) is 0 Å². The van der Waals surface area contributed by atoms with Crippen molar-refractivity contribution in [3.63, 3.8) is 0 Å². The van der Waals surface area contributed by atoms with Crippen LogP contribution >= 0.6 is 23.2 Å². The quantitative estimate of drug-likeness (QED) is 0.658. The maximum atomic E-state index is 11.0. The molecule has 2 rings (SSSR count). The van der Waals surface area contributed by atoms with Gasteiger partial charge in [0.15, 0.2) is 0 Å². The van der Waals surface area contributed by atoms with E-state index < -0.39 is 10.5 Å². The fourth-order valence-corrected chi connectivity index (χ4v) is 2.62. The Bertz CT molecular complexity index is 502. The number of hydrogen-bond donors (Lipinski definition) is 2. The first-order valence-electron chi connectivity index (χ1n) is 6.01. The number of aliphatic hydroxyl groups is 1. The number of halogens is 2. The third-order valence-electron chi connectivity index (χ3n) is 3.38. The van der Waals surface area contributed by atoms with Gasteiger partial charge in [-0.1, -0.05) is 36.0 Å². The lowest BCUT2D eigenvalue weighted by Gasteiger charge is -2.23. The topological polar surface area (TPSA) is 75.4 Å². The van der Waals surface area contributed by atoms with E-state index in [2.05, 4.69) is 5.32 Å². The molecule has 0 saturated heterocycles. The molecule has 104 valence electrons. The maximum absolute atomic E-state index is 11.0. The Morgan fingerprint density at radius 2 is 1.89 bits per heavy atom. The molecule has 0 unspecified atom stereocenters. The third-order valence-corrected chi connectivity index (χ3v) is 4.10. The molecule has 0 heterocycles. The monoisotopic (exact) mass is 304 g/mol. The van der Waals surface area contributed by atoms with Crippen molar-refractivity contribution in [2.45, 2.75) is 31.3 Å². The molecule has 0 bridgehead atoms. The Balaban J connectivity index is 2.19. The van der Waals surface area contributed by atoms with Gasteiger partial charge in [0.1, 0.15) is 5.69 Å². The van der Waals surface area contributed by atoms with Gasteiger partial charge in [-0.15, -0.1) is 0 Å². The van der Waals surface area contributed by atoms with E-state index in [0.29, 0.717) is 12.8 Å². The van der Waals surface area contributed by atoms with Crippen LogP contribution in [0, 0.1) is 10.1 Å². The predicted octanol–water partition coefficient (Wildman–Crippen LogP) is 3.62. The van der Waals surface area contributed by atoms with Gasteiger partial charge < -0.3 is 10.4 Å². The van der Waals surface area contributed by atoms with Crippen LogP contribution in [0.25, 0.3) is 0 Å². The second-order valence-corrected chi connectivity index (χ2v) is 5.64. The van der Waals surface area contributed by atoms with Crippen LogP contribution in [0.15, 0.2) is 12.1 Å². The van der Waals surface area contributed by atoms with Crippen molar-refractivity contribution in [2.24, 2.45) is 0 Å². The highest BCUT2D eigenvalue weighted by molar-refractivity contribution is 6.42. The van der Waals surface area contributed by atoms with Gasteiger partial charge in [-0.2, -0.15) is 0 Å². The lowest BCUT2D eigenvalue weighted by Crippen LogP contribution is -2.33. The fraction of sp³-hybridized carbons (Fsp3) is 0.500. The largest absolute Gasteiger partial charge is 0.388 e. The normalized spacial score (nSPS) is 17.4. The summed E-state index contributed by atoms with van der Waals surface area (Å²) in [4.78, 5) is 10.4. The summed E-state index contributed by atoms with van der Waals surface area (Å²) >= 11 is 11.6. The number of hydrogen-bond acceptors (Lipinski definition) is 4. The molecular weight excluding hydrogens is 291 g/mol. The second kappa shape index (κ2) is 5.53. The summed E-state index contributed by atoms with van der Waals surface area (Å²) in [6, 6.07) is 2.63. The zero-order chi connectivity index (χ0) is 14.0. The molecule has 5 nitrogen and oxygen atoms in total. The molecule has 2 N–H and O–H groups in total. The highest BCUT2D eigenvalue weighted by Crippen LogP contribution is 2.35. The molecule has 19 heavy (non-hydrogen) atoms. The van der Waals surface area contributed by atoms with E-state index in [-0.39, 0.29) is 28.0 Å². The molecule has 1 fully saturated rings. The van der Waals surface area contributed by atoms with Gasteiger partial charge in [-0.3, -0.25) is 10.1 Å². The molecule has 0 atom stereocenters. The minimum Gasteiger partial charge on any atom is -0.388 e. The zero-order valence-electron chi connectivity index (χ0n) is 10.2. The number of benzene rings is 1. The predicted molar refractivity (Wildman–Crippen MR) is 75.0 cm³/mol. The molecular formula is C12H14Cl2N2O3. The van der Waals surface area contributed by atoms with Crippen molar-refractivity contribution in [1.82, 2.24) is 0 Å². The number of rotatable bonds is 4. The van der Waals surface area contributed by atoms with Crippen molar-refractivity contribution in [2.75, 3.05) is 11.9 Å². The van der Waals surface area contributed by atoms with Crippen LogP contribution in [-0.4, -0.2) is 22.2 Å². The Kier molecular flexibility index (Phi) is 4.18. The second-order valence-electron chi connectivity index (χ2n) is 4.83. The first-order valence-corrected chi connectivity index (χ1v) is 6.77. The van der Waals surface area contributed by atoms with E-state index in [1.165, 1.54) is 12.1 Å². The summed E-state index contributed by atoms with van der Waals surface area (Å²) in [7, 11) is 0. The van der Waals surface area contributed by atoms with E-state index in [1.54, 1.807) is 0 Å². The highest BCUT2D eigenvalue weighted by Gasteiger charge is 2.31. The molecule has 1 aromatic carbocycles. The Morgan fingerprint density at radius 3 is 2.47 bits per heavy atom. The molecule has 0 amide bonds. The van der Waals surface area contributed by atoms with Gasteiger partial charge in [0.25, 0.3) is 5.69 Å². The minimum atomic E-state index is -0.792. The van der Waals surface area contributed by atoms with Gasteiger partial charge in [-0.25, -0.2) is 0 Å². The molecule has 1 aliphatic rings. The molecule has 0 radical (unpaired) electrons. The maximum Gasteiger partial charge on any atom is 0.293 e. The van der Waals surface area contributed by atoms with E-state index >= 15 is 0 Å². The van der Waals surface area contributed by atoms with Crippen LogP contribution in [0.1, 0.15) is 25.7 Å². The molecule has 1 saturated carbocycles. The van der Waals surface area contributed by atoms with Gasteiger partial charge in [0, 0.05) is 12.6 Å². The van der Waals surface area contributed by atoms with Crippen LogP contribution in [0.5, 0.6) is 0 Å². The van der Waals surface area contributed by atoms with E-state index in [0.717, 1.165) is 12.8 Å². The van der Waals surface area contributed by atoms with Crippen molar-refractivity contribution in [1.29, 1.82) is 0 Å². The Labute approximate surface area is 120 Å². The van der Waals surface area contributed by atoms with E-state index in [1.807, 2.05) is 0 Å². The zero-order valence-corrected chi connectivity index (χ0v) is 11.7. The minimum absolute atomic E-state index is 0.137. The Hall–Kier alpha value is -1.04. The van der Waals surface area contributed by atoms with E-state index in [9.17, 15) is 15.2 Å². The number of nitro groups is 1. The van der Waals surface area contributed by atoms with Crippen LogP contribution in [0.2, 0.25) is 10.0 Å². The van der Waals surface area contributed by atoms with Crippen molar-refractivity contribution >= 4 is 34.6 Å². The average Bonchev–Trinajstić information content (AvgIpc) is 2.77. The number of anilines is 1. The molecule has 7 heteroatoms. The van der Waals surface area contributed by atoms with Crippen LogP contribution in [0.4, 0.5) is 11.4 Å². The summed E-state index contributed by atoms with van der Waals surface area (Å²) < 4.78 is 0. The average molecular weight is 305 g/mol. The highest BCUT2D eigenvalue weighted by atomic mass is 35.5. The molecule has 1 aromatic rings. The molecule has 1 aliphatic carbocycles. The lowest BCUT2D eigenvalue weighted by molar-refractivity contribution is -0.383. The third kappa shape index (κ3) is 3.29. The van der Waals surface area contributed by atoms with Crippen molar-refractivity contribution in [3.8, 4) is 0 Å². The lowest BCUT2D eigenvalue weighted by atomic mass is 10.0.